The Morgan fingerprint density at radius 3 is 2.42 bits per heavy atom. The minimum Gasteiger partial charge on any atom is -0.323 e. The minimum absolute atomic E-state index is 0.190. The largest absolute Gasteiger partial charge is 0.342 e. The minimum atomic E-state index is -0.541. The second-order valence-corrected chi connectivity index (χ2v) is 9.98. The van der Waals surface area contributed by atoms with E-state index in [0.717, 1.165) is 55.1 Å². The number of hydrazine groups is 1. The van der Waals surface area contributed by atoms with Crippen molar-refractivity contribution in [1.82, 2.24) is 25.2 Å². The Kier molecular flexibility index (Phi) is 6.51. The Bertz CT molecular complexity index is 1300. The molecule has 0 aliphatic carbocycles. The van der Waals surface area contributed by atoms with E-state index >= 15 is 0 Å². The molecule has 38 heavy (non-hydrogen) atoms. The third-order valence-electron chi connectivity index (χ3n) is 7.54. The van der Waals surface area contributed by atoms with Crippen LogP contribution in [0.3, 0.4) is 0 Å². The van der Waals surface area contributed by atoms with E-state index < -0.39 is 6.03 Å². The summed E-state index contributed by atoms with van der Waals surface area (Å²) in [7, 11) is 0. The van der Waals surface area contributed by atoms with Crippen molar-refractivity contribution in [3.05, 3.63) is 89.6 Å². The monoisotopic (exact) mass is 510 g/mol. The van der Waals surface area contributed by atoms with E-state index in [0.29, 0.717) is 18.2 Å². The van der Waals surface area contributed by atoms with E-state index in [1.807, 2.05) is 36.5 Å². The number of imide groups is 1. The van der Waals surface area contributed by atoms with Crippen LogP contribution in [0, 0.1) is 0 Å². The van der Waals surface area contributed by atoms with E-state index in [1.165, 1.54) is 10.0 Å². The maximum atomic E-state index is 13.0. The first-order valence-corrected chi connectivity index (χ1v) is 13.1. The summed E-state index contributed by atoms with van der Waals surface area (Å²) >= 11 is 0. The van der Waals surface area contributed by atoms with Gasteiger partial charge in [-0.1, -0.05) is 36.4 Å². The molecular formula is C29H30N6O3. The van der Waals surface area contributed by atoms with Gasteiger partial charge in [-0.15, -0.1) is 0 Å². The van der Waals surface area contributed by atoms with Gasteiger partial charge in [-0.3, -0.25) is 19.8 Å². The summed E-state index contributed by atoms with van der Waals surface area (Å²) in [6.45, 7) is 3.28. The van der Waals surface area contributed by atoms with Crippen molar-refractivity contribution in [1.29, 1.82) is 0 Å². The highest BCUT2D eigenvalue weighted by Crippen LogP contribution is 2.31. The van der Waals surface area contributed by atoms with Gasteiger partial charge in [-0.05, 0) is 54.3 Å². The number of anilines is 2. The van der Waals surface area contributed by atoms with Crippen LogP contribution in [0.1, 0.15) is 40.7 Å². The number of pyridine rings is 1. The summed E-state index contributed by atoms with van der Waals surface area (Å²) in [5.74, 6) is 0.456. The zero-order valence-electron chi connectivity index (χ0n) is 21.1. The maximum absolute atomic E-state index is 13.0. The number of nitrogens with zero attached hydrogens (tertiary/aromatic N) is 5. The Labute approximate surface area is 221 Å². The van der Waals surface area contributed by atoms with Crippen LogP contribution in [0.4, 0.5) is 16.3 Å². The van der Waals surface area contributed by atoms with Crippen molar-refractivity contribution in [2.45, 2.75) is 38.4 Å². The van der Waals surface area contributed by atoms with Crippen LogP contribution < -0.4 is 10.2 Å². The van der Waals surface area contributed by atoms with Gasteiger partial charge < -0.3 is 4.90 Å². The molecule has 1 aromatic heterocycles. The number of amides is 4. The molecule has 194 valence electrons. The van der Waals surface area contributed by atoms with Gasteiger partial charge in [0.1, 0.15) is 5.82 Å². The van der Waals surface area contributed by atoms with Crippen molar-refractivity contribution >= 4 is 29.4 Å². The molecule has 3 aromatic rings. The van der Waals surface area contributed by atoms with Gasteiger partial charge in [-0.2, -0.15) is 0 Å². The Balaban J connectivity index is 1.11. The normalized spacial score (nSPS) is 18.5. The molecule has 6 rings (SSSR count). The molecule has 0 unspecified atom stereocenters. The first-order valence-electron chi connectivity index (χ1n) is 13.1. The van der Waals surface area contributed by atoms with Crippen LogP contribution in [0.15, 0.2) is 72.9 Å². The van der Waals surface area contributed by atoms with Gasteiger partial charge in [0.2, 0.25) is 5.91 Å². The number of para-hydroxylation sites is 1. The molecule has 1 N–H and O–H groups in total. The number of piperidine rings is 1. The predicted octanol–water partition coefficient (Wildman–Crippen LogP) is 3.70. The van der Waals surface area contributed by atoms with Crippen molar-refractivity contribution in [3.8, 4) is 0 Å². The Morgan fingerprint density at radius 2 is 1.68 bits per heavy atom. The third kappa shape index (κ3) is 4.72. The molecule has 0 saturated carbocycles. The lowest BCUT2D eigenvalue weighted by molar-refractivity contribution is -0.123. The number of carbonyl (C=O) groups is 3. The molecular weight excluding hydrogens is 480 g/mol. The topological polar surface area (TPSA) is 89.1 Å². The SMILES string of the molecule is O=C1CCN(N2Cc3cc(CN4CCC(N(c5ccccc5)c5ccccn5)CC4)ccc3C2=O)C(=O)N1. The first kappa shape index (κ1) is 24.1. The molecule has 3 aliphatic rings. The van der Waals surface area contributed by atoms with Gasteiger partial charge in [0.15, 0.2) is 0 Å². The molecule has 4 heterocycles. The highest BCUT2D eigenvalue weighted by Gasteiger charge is 2.37. The van der Waals surface area contributed by atoms with Crippen LogP contribution in [-0.4, -0.2) is 63.4 Å². The predicted molar refractivity (Wildman–Crippen MR) is 142 cm³/mol. The summed E-state index contributed by atoms with van der Waals surface area (Å²) in [4.78, 5) is 46.2. The summed E-state index contributed by atoms with van der Waals surface area (Å²) in [6.07, 6.45) is 4.07. The zero-order valence-corrected chi connectivity index (χ0v) is 21.1. The fourth-order valence-corrected chi connectivity index (χ4v) is 5.65. The van der Waals surface area contributed by atoms with Crippen molar-refractivity contribution < 1.29 is 14.4 Å². The van der Waals surface area contributed by atoms with Gasteiger partial charge >= 0.3 is 6.03 Å². The number of aromatic nitrogens is 1. The van der Waals surface area contributed by atoms with Gasteiger partial charge in [0.25, 0.3) is 5.91 Å². The molecule has 2 saturated heterocycles. The van der Waals surface area contributed by atoms with E-state index in [-0.39, 0.29) is 24.8 Å². The second kappa shape index (κ2) is 10.3. The average molecular weight is 511 g/mol. The van der Waals surface area contributed by atoms with Crippen LogP contribution >= 0.6 is 0 Å². The molecule has 0 bridgehead atoms. The quantitative estimate of drug-likeness (QED) is 0.544. The number of benzene rings is 2. The Hall–Kier alpha value is -4.24. The van der Waals surface area contributed by atoms with E-state index in [1.54, 1.807) is 0 Å². The van der Waals surface area contributed by atoms with Crippen molar-refractivity contribution in [3.63, 3.8) is 0 Å². The number of rotatable bonds is 6. The lowest BCUT2D eigenvalue weighted by Gasteiger charge is -2.39. The molecule has 0 spiro atoms. The standard InChI is InChI=1S/C29H30N6O3/c36-27-13-17-33(29(38)31-27)34-20-22-18-21(9-10-25(22)28(34)37)19-32-15-11-24(12-16-32)35(23-6-2-1-3-7-23)26-8-4-5-14-30-26/h1-10,14,18,24H,11-13,15-17,19-20H2,(H,31,36,38). The number of carbonyl (C=O) groups excluding carboxylic acids is 3. The molecule has 0 atom stereocenters. The zero-order chi connectivity index (χ0) is 26.1. The number of hydrogen-bond donors (Lipinski definition) is 1. The highest BCUT2D eigenvalue weighted by molar-refractivity contribution is 6.01. The number of urea groups is 1. The van der Waals surface area contributed by atoms with E-state index in [9.17, 15) is 14.4 Å². The van der Waals surface area contributed by atoms with E-state index in [4.69, 9.17) is 0 Å². The van der Waals surface area contributed by atoms with Gasteiger partial charge in [-0.25, -0.2) is 19.8 Å². The second-order valence-electron chi connectivity index (χ2n) is 9.98. The molecule has 2 aromatic carbocycles. The lowest BCUT2D eigenvalue weighted by Crippen LogP contribution is -2.56. The van der Waals surface area contributed by atoms with Crippen LogP contribution in [0.2, 0.25) is 0 Å². The fourth-order valence-electron chi connectivity index (χ4n) is 5.65. The molecule has 9 heteroatoms. The van der Waals surface area contributed by atoms with Crippen LogP contribution in [-0.2, 0) is 17.9 Å². The lowest BCUT2D eigenvalue weighted by atomic mass is 10.0. The number of likely N-dealkylation sites (tertiary alicyclic amines) is 1. The number of fused-ring (bicyclic) bond motifs is 1. The summed E-state index contributed by atoms with van der Waals surface area (Å²) in [5, 5.41) is 5.07. The van der Waals surface area contributed by atoms with Crippen molar-refractivity contribution in [2.24, 2.45) is 0 Å². The third-order valence-corrected chi connectivity index (χ3v) is 7.54. The summed E-state index contributed by atoms with van der Waals surface area (Å²) < 4.78 is 0. The van der Waals surface area contributed by atoms with E-state index in [2.05, 4.69) is 56.5 Å². The van der Waals surface area contributed by atoms with Gasteiger partial charge in [0.05, 0.1) is 13.1 Å². The molecule has 0 radical (unpaired) electrons. The highest BCUT2D eigenvalue weighted by atomic mass is 16.2. The molecule has 4 amide bonds. The molecule has 2 fully saturated rings. The summed E-state index contributed by atoms with van der Waals surface area (Å²) in [5.41, 5.74) is 3.84. The number of nitrogens with one attached hydrogen (secondary N) is 1. The van der Waals surface area contributed by atoms with Crippen LogP contribution in [0.25, 0.3) is 0 Å². The summed E-state index contributed by atoms with van der Waals surface area (Å²) in [6, 6.07) is 22.3. The maximum Gasteiger partial charge on any atom is 0.342 e. The number of hydrogen-bond acceptors (Lipinski definition) is 6. The van der Waals surface area contributed by atoms with Crippen molar-refractivity contribution in [2.75, 3.05) is 24.5 Å². The first-order chi connectivity index (χ1) is 18.6. The Morgan fingerprint density at radius 1 is 0.895 bits per heavy atom. The molecule has 9 nitrogen and oxygen atoms in total. The smallest absolute Gasteiger partial charge is 0.323 e. The fraction of sp³-hybridized carbons (Fsp3) is 0.310. The van der Waals surface area contributed by atoms with Gasteiger partial charge in [0, 0.05) is 49.5 Å². The average Bonchev–Trinajstić information content (AvgIpc) is 3.26. The van der Waals surface area contributed by atoms with Crippen LogP contribution in [0.5, 0.6) is 0 Å². The molecule has 3 aliphatic heterocycles.